The fraction of sp³-hybridized carbons (Fsp3) is 0.261. The third-order valence-electron chi connectivity index (χ3n) is 6.25. The van der Waals surface area contributed by atoms with Crippen LogP contribution in [0.15, 0.2) is 65.7 Å². The van der Waals surface area contributed by atoms with E-state index in [9.17, 15) is 8.42 Å². The van der Waals surface area contributed by atoms with Crippen LogP contribution in [0.5, 0.6) is 5.75 Å². The van der Waals surface area contributed by atoms with Crippen LogP contribution in [0.2, 0.25) is 0 Å². The van der Waals surface area contributed by atoms with Crippen molar-refractivity contribution in [3.05, 3.63) is 72.1 Å². The Hall–Kier alpha value is -3.28. The number of rotatable bonds is 3. The Morgan fingerprint density at radius 1 is 1.10 bits per heavy atom. The molecule has 8 heteroatoms. The zero-order valence-corrected chi connectivity index (χ0v) is 17.9. The molecular weight excluding hydrogens is 412 g/mol. The molecule has 1 fully saturated rings. The number of benzene rings is 2. The average molecular weight is 435 g/mol. The van der Waals surface area contributed by atoms with Gasteiger partial charge in [0.25, 0.3) is 0 Å². The predicted octanol–water partition coefficient (Wildman–Crippen LogP) is 3.46. The Labute approximate surface area is 181 Å². The van der Waals surface area contributed by atoms with E-state index >= 15 is 0 Å². The normalized spacial score (nSPS) is 17.3. The molecule has 5 rings (SSSR count). The maximum Gasteiger partial charge on any atom is 0.243 e. The molecule has 0 radical (unpaired) electrons. The number of nitrogens with one attached hydrogen (secondary N) is 1. The minimum absolute atomic E-state index is 0.164. The molecule has 1 spiro atoms. The molecule has 2 aliphatic heterocycles. The smallest absolute Gasteiger partial charge is 0.243 e. The first kappa shape index (κ1) is 19.7. The van der Waals surface area contributed by atoms with Gasteiger partial charge in [-0.3, -0.25) is 0 Å². The highest BCUT2D eigenvalue weighted by atomic mass is 32.2. The summed E-state index contributed by atoms with van der Waals surface area (Å²) < 4.78 is 35.4. The average Bonchev–Trinajstić information content (AvgIpc) is 3.30. The number of piperidine rings is 1. The lowest BCUT2D eigenvalue weighted by Gasteiger charge is -2.46. The topological polar surface area (TPSA) is 87.4 Å². The summed E-state index contributed by atoms with van der Waals surface area (Å²) in [6, 6.07) is 18.3. The molecule has 0 bridgehead atoms. The first-order chi connectivity index (χ1) is 15.0. The standard InChI is InChI=1S/C23H22N4O3S/c1-30-18-7-8-21-20(15-18)25-23(22-6-3-11-27(21)22)9-12-26(13-10-23)31(28,29)19-5-2-4-17(14-19)16-24/h2-8,11,14-15,25H,9-10,12-13H2,1H3. The Bertz CT molecular complexity index is 1300. The summed E-state index contributed by atoms with van der Waals surface area (Å²) in [5, 5.41) is 12.8. The monoisotopic (exact) mass is 434 g/mol. The van der Waals surface area contributed by atoms with Crippen molar-refractivity contribution >= 4 is 15.7 Å². The van der Waals surface area contributed by atoms with Gasteiger partial charge in [0.2, 0.25) is 10.0 Å². The minimum atomic E-state index is -3.66. The van der Waals surface area contributed by atoms with E-state index in [1.807, 2.05) is 36.5 Å². The number of nitriles is 1. The zero-order valence-electron chi connectivity index (χ0n) is 17.1. The summed E-state index contributed by atoms with van der Waals surface area (Å²) in [4.78, 5) is 0.164. The summed E-state index contributed by atoms with van der Waals surface area (Å²) in [6.07, 6.45) is 3.30. The zero-order chi connectivity index (χ0) is 21.6. The molecule has 2 aromatic carbocycles. The van der Waals surface area contributed by atoms with Crippen molar-refractivity contribution in [1.29, 1.82) is 5.26 Å². The molecule has 0 amide bonds. The van der Waals surface area contributed by atoms with E-state index in [1.165, 1.54) is 10.4 Å². The Kier molecular flexibility index (Phi) is 4.54. The van der Waals surface area contributed by atoms with Crippen LogP contribution in [-0.2, 0) is 15.6 Å². The minimum Gasteiger partial charge on any atom is -0.497 e. The SMILES string of the molecule is COc1ccc2c(c1)NC1(CCN(S(=O)(=O)c3cccc(C#N)c3)CC1)c1cccn1-2. The van der Waals surface area contributed by atoms with Crippen LogP contribution in [0, 0.1) is 11.3 Å². The van der Waals surface area contributed by atoms with Crippen molar-refractivity contribution in [1.82, 2.24) is 8.87 Å². The van der Waals surface area contributed by atoms with Gasteiger partial charge in [0.05, 0.1) is 40.6 Å². The number of hydrogen-bond donors (Lipinski definition) is 1. The second-order valence-corrected chi connectivity index (χ2v) is 9.84. The number of fused-ring (bicyclic) bond motifs is 4. The van der Waals surface area contributed by atoms with Crippen molar-refractivity contribution < 1.29 is 13.2 Å². The van der Waals surface area contributed by atoms with Crippen molar-refractivity contribution in [2.24, 2.45) is 0 Å². The molecular formula is C23H22N4O3S. The molecule has 0 unspecified atom stereocenters. The number of anilines is 1. The number of aromatic nitrogens is 1. The first-order valence-corrected chi connectivity index (χ1v) is 11.6. The molecule has 1 N–H and O–H groups in total. The summed E-state index contributed by atoms with van der Waals surface area (Å²) in [5.74, 6) is 0.773. The van der Waals surface area contributed by atoms with Crippen molar-refractivity contribution in [2.75, 3.05) is 25.5 Å². The van der Waals surface area contributed by atoms with Crippen LogP contribution < -0.4 is 10.1 Å². The Morgan fingerprint density at radius 2 is 1.90 bits per heavy atom. The van der Waals surface area contributed by atoms with Crippen LogP contribution in [0.25, 0.3) is 5.69 Å². The quantitative estimate of drug-likeness (QED) is 0.682. The molecule has 3 aromatic rings. The van der Waals surface area contributed by atoms with Crippen LogP contribution in [0.3, 0.4) is 0 Å². The summed E-state index contributed by atoms with van der Waals surface area (Å²) in [6.45, 7) is 0.771. The number of nitrogens with zero attached hydrogens (tertiary/aromatic N) is 3. The van der Waals surface area contributed by atoms with Gasteiger partial charge in [0, 0.05) is 31.0 Å². The van der Waals surface area contributed by atoms with Gasteiger partial charge in [0.1, 0.15) is 5.75 Å². The molecule has 31 heavy (non-hydrogen) atoms. The molecule has 0 aliphatic carbocycles. The summed E-state index contributed by atoms with van der Waals surface area (Å²) in [7, 11) is -2.01. The fourth-order valence-corrected chi connectivity index (χ4v) is 6.11. The van der Waals surface area contributed by atoms with Crippen LogP contribution >= 0.6 is 0 Å². The van der Waals surface area contributed by atoms with Gasteiger partial charge in [-0.25, -0.2) is 8.42 Å². The fourth-order valence-electron chi connectivity index (χ4n) is 4.62. The van der Waals surface area contributed by atoms with Crippen LogP contribution in [0.1, 0.15) is 24.1 Å². The maximum atomic E-state index is 13.2. The predicted molar refractivity (Wildman–Crippen MR) is 117 cm³/mol. The highest BCUT2D eigenvalue weighted by Gasteiger charge is 2.44. The van der Waals surface area contributed by atoms with E-state index in [1.54, 1.807) is 25.3 Å². The van der Waals surface area contributed by atoms with Crippen LogP contribution in [-0.4, -0.2) is 37.5 Å². The van der Waals surface area contributed by atoms with E-state index in [0.717, 1.165) is 22.8 Å². The molecule has 0 atom stereocenters. The van der Waals surface area contributed by atoms with Crippen molar-refractivity contribution in [3.63, 3.8) is 0 Å². The summed E-state index contributed by atoms with van der Waals surface area (Å²) >= 11 is 0. The molecule has 2 aliphatic rings. The van der Waals surface area contributed by atoms with E-state index in [2.05, 4.69) is 16.0 Å². The van der Waals surface area contributed by atoms with Gasteiger partial charge < -0.3 is 14.6 Å². The van der Waals surface area contributed by atoms with Crippen molar-refractivity contribution in [3.8, 4) is 17.5 Å². The number of methoxy groups -OCH3 is 1. The van der Waals surface area contributed by atoms with Gasteiger partial charge in [-0.1, -0.05) is 6.07 Å². The Morgan fingerprint density at radius 3 is 2.65 bits per heavy atom. The second kappa shape index (κ2) is 7.15. The van der Waals surface area contributed by atoms with E-state index < -0.39 is 10.0 Å². The van der Waals surface area contributed by atoms with Gasteiger partial charge in [-0.15, -0.1) is 0 Å². The molecule has 1 aromatic heterocycles. The lowest BCUT2D eigenvalue weighted by atomic mass is 9.83. The lowest BCUT2D eigenvalue weighted by molar-refractivity contribution is 0.247. The summed E-state index contributed by atoms with van der Waals surface area (Å²) in [5.41, 5.74) is 3.14. The lowest BCUT2D eigenvalue weighted by Crippen LogP contribution is -2.51. The van der Waals surface area contributed by atoms with Gasteiger partial charge in [0.15, 0.2) is 0 Å². The molecule has 3 heterocycles. The van der Waals surface area contributed by atoms with E-state index in [-0.39, 0.29) is 10.4 Å². The Balaban J connectivity index is 1.45. The molecule has 1 saturated heterocycles. The first-order valence-electron chi connectivity index (χ1n) is 10.1. The van der Waals surface area contributed by atoms with Gasteiger partial charge in [-0.2, -0.15) is 9.57 Å². The second-order valence-electron chi connectivity index (χ2n) is 7.90. The number of sulfonamides is 1. The van der Waals surface area contributed by atoms with Gasteiger partial charge >= 0.3 is 0 Å². The number of ether oxygens (including phenoxy) is 1. The van der Waals surface area contributed by atoms with E-state index in [4.69, 9.17) is 10.00 Å². The highest BCUT2D eigenvalue weighted by Crippen LogP contribution is 2.44. The highest BCUT2D eigenvalue weighted by molar-refractivity contribution is 7.89. The molecule has 7 nitrogen and oxygen atoms in total. The van der Waals surface area contributed by atoms with E-state index in [0.29, 0.717) is 31.5 Å². The largest absolute Gasteiger partial charge is 0.497 e. The van der Waals surface area contributed by atoms with Gasteiger partial charge in [-0.05, 0) is 55.3 Å². The van der Waals surface area contributed by atoms with Crippen LogP contribution in [0.4, 0.5) is 5.69 Å². The molecule has 158 valence electrons. The maximum absolute atomic E-state index is 13.2. The third kappa shape index (κ3) is 3.09. The molecule has 0 saturated carbocycles. The third-order valence-corrected chi connectivity index (χ3v) is 8.15. The number of hydrogen-bond acceptors (Lipinski definition) is 5. The van der Waals surface area contributed by atoms with Crippen molar-refractivity contribution in [2.45, 2.75) is 23.3 Å².